The molecule has 2 aromatic rings. The van der Waals surface area contributed by atoms with Gasteiger partial charge in [-0.2, -0.15) is 5.10 Å². The molecule has 2 aliphatic heterocycles. The van der Waals surface area contributed by atoms with E-state index in [0.717, 1.165) is 29.9 Å². The van der Waals surface area contributed by atoms with Crippen LogP contribution in [-0.2, 0) is 14.3 Å². The van der Waals surface area contributed by atoms with Gasteiger partial charge in [-0.05, 0) is 29.2 Å². The van der Waals surface area contributed by atoms with Crippen molar-refractivity contribution in [3.05, 3.63) is 69.7 Å². The highest BCUT2D eigenvalue weighted by molar-refractivity contribution is 6.34. The standard InChI is InChI=1S/C29H36Cl2N4O3/c1-29(2,3)19-27(36)34(13-12-33-14-16-38-17-15-33)20-28(37)35-26(21-8-10-22(30)11-9-21)18-25(32-35)23-6-4-5-7-24(23)31/h4-11,26H,12-20H2,1-3H3/t26-/m0/s1. The molecule has 1 fully saturated rings. The highest BCUT2D eigenvalue weighted by atomic mass is 35.5. The number of rotatable bonds is 8. The third kappa shape index (κ3) is 7.56. The third-order valence-corrected chi connectivity index (χ3v) is 7.34. The van der Waals surface area contributed by atoms with E-state index in [0.29, 0.717) is 49.2 Å². The highest BCUT2D eigenvalue weighted by Crippen LogP contribution is 2.35. The molecule has 2 amide bonds. The quantitative estimate of drug-likeness (QED) is 0.442. The lowest BCUT2D eigenvalue weighted by molar-refractivity contribution is -0.142. The Hall–Kier alpha value is -2.45. The molecule has 204 valence electrons. The van der Waals surface area contributed by atoms with Crippen LogP contribution in [0.4, 0.5) is 0 Å². The lowest BCUT2D eigenvalue weighted by Gasteiger charge is -2.32. The number of carbonyl (C=O) groups is 2. The van der Waals surface area contributed by atoms with Gasteiger partial charge >= 0.3 is 0 Å². The van der Waals surface area contributed by atoms with Gasteiger partial charge in [-0.25, -0.2) is 5.01 Å². The Morgan fingerprint density at radius 1 is 1.05 bits per heavy atom. The number of carbonyl (C=O) groups excluding carboxylic acids is 2. The van der Waals surface area contributed by atoms with E-state index in [4.69, 9.17) is 33.0 Å². The maximum atomic E-state index is 13.8. The van der Waals surface area contributed by atoms with Crippen molar-refractivity contribution in [3.63, 3.8) is 0 Å². The molecule has 7 nitrogen and oxygen atoms in total. The fourth-order valence-corrected chi connectivity index (χ4v) is 5.09. The molecule has 0 aliphatic carbocycles. The number of amides is 2. The molecule has 2 heterocycles. The Kier molecular flexibility index (Phi) is 9.47. The number of halogens is 2. The summed E-state index contributed by atoms with van der Waals surface area (Å²) in [5.74, 6) is -0.257. The van der Waals surface area contributed by atoms with Crippen molar-refractivity contribution in [1.29, 1.82) is 0 Å². The minimum absolute atomic E-state index is 0.0309. The van der Waals surface area contributed by atoms with Crippen molar-refractivity contribution >= 4 is 40.7 Å². The Balaban J connectivity index is 1.58. The van der Waals surface area contributed by atoms with E-state index < -0.39 is 0 Å². The summed E-state index contributed by atoms with van der Waals surface area (Å²) in [5.41, 5.74) is 2.28. The maximum absolute atomic E-state index is 13.8. The van der Waals surface area contributed by atoms with Crippen LogP contribution in [0.1, 0.15) is 50.8 Å². The Labute approximate surface area is 235 Å². The van der Waals surface area contributed by atoms with E-state index >= 15 is 0 Å². The van der Waals surface area contributed by atoms with Crippen molar-refractivity contribution in [1.82, 2.24) is 14.8 Å². The molecule has 1 saturated heterocycles. The predicted molar refractivity (Wildman–Crippen MR) is 152 cm³/mol. The number of morpholine rings is 1. The van der Waals surface area contributed by atoms with Crippen molar-refractivity contribution in [3.8, 4) is 0 Å². The van der Waals surface area contributed by atoms with E-state index in [1.165, 1.54) is 5.01 Å². The van der Waals surface area contributed by atoms with Crippen LogP contribution in [0.2, 0.25) is 10.0 Å². The molecule has 0 radical (unpaired) electrons. The van der Waals surface area contributed by atoms with Crippen LogP contribution < -0.4 is 0 Å². The summed E-state index contributed by atoms with van der Waals surface area (Å²) < 4.78 is 5.45. The molecule has 2 aliphatic rings. The van der Waals surface area contributed by atoms with Gasteiger partial charge in [0.15, 0.2) is 0 Å². The summed E-state index contributed by atoms with van der Waals surface area (Å²) in [4.78, 5) is 31.1. The SMILES string of the molecule is CC(C)(C)CC(=O)N(CCN1CCOCC1)CC(=O)N1N=C(c2ccccc2Cl)C[C@H]1c1ccc(Cl)cc1. The second kappa shape index (κ2) is 12.6. The fraction of sp³-hybridized carbons (Fsp3) is 0.483. The molecule has 4 rings (SSSR count). The van der Waals surface area contributed by atoms with Gasteiger partial charge in [0.1, 0.15) is 6.54 Å². The van der Waals surface area contributed by atoms with Gasteiger partial charge in [0.2, 0.25) is 5.91 Å². The Morgan fingerprint density at radius 3 is 2.39 bits per heavy atom. The van der Waals surface area contributed by atoms with Crippen LogP contribution in [0, 0.1) is 5.41 Å². The molecule has 0 saturated carbocycles. The van der Waals surface area contributed by atoms with Crippen LogP contribution in [0.15, 0.2) is 53.6 Å². The lowest BCUT2D eigenvalue weighted by Crippen LogP contribution is -2.47. The fourth-order valence-electron chi connectivity index (χ4n) is 4.72. The molecule has 2 aromatic carbocycles. The second-order valence-corrected chi connectivity index (χ2v) is 11.9. The first-order valence-electron chi connectivity index (χ1n) is 13.1. The first-order valence-corrected chi connectivity index (χ1v) is 13.8. The van der Waals surface area contributed by atoms with Crippen LogP contribution >= 0.6 is 23.2 Å². The van der Waals surface area contributed by atoms with Gasteiger partial charge in [-0.1, -0.05) is 74.3 Å². The smallest absolute Gasteiger partial charge is 0.262 e. The molecule has 9 heteroatoms. The molecule has 0 spiro atoms. The Bertz CT molecular complexity index is 1160. The third-order valence-electron chi connectivity index (χ3n) is 6.76. The maximum Gasteiger partial charge on any atom is 0.262 e. The van der Waals surface area contributed by atoms with Gasteiger partial charge in [-0.3, -0.25) is 14.5 Å². The van der Waals surface area contributed by atoms with E-state index in [2.05, 4.69) is 4.90 Å². The summed E-state index contributed by atoms with van der Waals surface area (Å²) in [6, 6.07) is 14.7. The van der Waals surface area contributed by atoms with E-state index in [9.17, 15) is 9.59 Å². The van der Waals surface area contributed by atoms with E-state index in [1.54, 1.807) is 4.90 Å². The number of hydrogen-bond acceptors (Lipinski definition) is 5. The van der Waals surface area contributed by atoms with Gasteiger partial charge in [0.25, 0.3) is 5.91 Å². The van der Waals surface area contributed by atoms with Gasteiger partial charge < -0.3 is 9.64 Å². The van der Waals surface area contributed by atoms with Crippen LogP contribution in [0.3, 0.4) is 0 Å². The predicted octanol–water partition coefficient (Wildman–Crippen LogP) is 5.27. The summed E-state index contributed by atoms with van der Waals surface area (Å²) in [7, 11) is 0. The molecule has 1 atom stereocenters. The second-order valence-electron chi connectivity index (χ2n) is 11.0. The number of ether oxygens (including phenoxy) is 1. The summed E-state index contributed by atoms with van der Waals surface area (Å²) in [5, 5.41) is 7.49. The molecule has 0 bridgehead atoms. The summed E-state index contributed by atoms with van der Waals surface area (Å²) in [6.45, 7) is 10.2. The van der Waals surface area contributed by atoms with Gasteiger partial charge in [-0.15, -0.1) is 0 Å². The minimum atomic E-state index is -0.315. The highest BCUT2D eigenvalue weighted by Gasteiger charge is 2.35. The molecule has 0 N–H and O–H groups in total. The monoisotopic (exact) mass is 558 g/mol. The normalized spacial score (nSPS) is 18.4. The van der Waals surface area contributed by atoms with Gasteiger partial charge in [0, 0.05) is 54.6 Å². The van der Waals surface area contributed by atoms with E-state index in [-0.39, 0.29) is 29.8 Å². The first kappa shape index (κ1) is 28.6. The topological polar surface area (TPSA) is 65.5 Å². The number of nitrogens with zero attached hydrogens (tertiary/aromatic N) is 4. The van der Waals surface area contributed by atoms with Crippen LogP contribution in [0.25, 0.3) is 0 Å². The van der Waals surface area contributed by atoms with Crippen LogP contribution in [-0.4, -0.2) is 78.3 Å². The average molecular weight is 560 g/mol. The van der Waals surface area contributed by atoms with Crippen molar-refractivity contribution in [2.24, 2.45) is 10.5 Å². The summed E-state index contributed by atoms with van der Waals surface area (Å²) in [6.07, 6.45) is 0.874. The van der Waals surface area contributed by atoms with Crippen molar-refractivity contribution < 1.29 is 14.3 Å². The zero-order valence-corrected chi connectivity index (χ0v) is 23.8. The molecule has 38 heavy (non-hydrogen) atoms. The lowest BCUT2D eigenvalue weighted by atomic mass is 9.91. The molecular weight excluding hydrogens is 523 g/mol. The zero-order valence-electron chi connectivity index (χ0n) is 22.3. The largest absolute Gasteiger partial charge is 0.379 e. The zero-order chi connectivity index (χ0) is 27.3. The average Bonchev–Trinajstić information content (AvgIpc) is 3.32. The number of benzene rings is 2. The van der Waals surface area contributed by atoms with Crippen molar-refractivity contribution in [2.45, 2.75) is 39.7 Å². The minimum Gasteiger partial charge on any atom is -0.379 e. The van der Waals surface area contributed by atoms with Crippen LogP contribution in [0.5, 0.6) is 0 Å². The van der Waals surface area contributed by atoms with E-state index in [1.807, 2.05) is 69.3 Å². The molecule has 0 aromatic heterocycles. The first-order chi connectivity index (χ1) is 18.1. The van der Waals surface area contributed by atoms with Gasteiger partial charge in [0.05, 0.1) is 25.0 Å². The molecule has 0 unspecified atom stereocenters. The Morgan fingerprint density at radius 2 is 1.74 bits per heavy atom. The molecular formula is C29H36Cl2N4O3. The summed E-state index contributed by atoms with van der Waals surface area (Å²) >= 11 is 12.6. The van der Waals surface area contributed by atoms with Crippen molar-refractivity contribution in [2.75, 3.05) is 45.9 Å². The number of hydrazone groups is 1. The number of hydrogen-bond donors (Lipinski definition) is 0.